The smallest absolute Gasteiger partial charge is 0.123 e. The maximum atomic E-state index is 6.45. The number of benzene rings is 2. The first-order valence-corrected chi connectivity index (χ1v) is 13.4. The zero-order valence-electron chi connectivity index (χ0n) is 19.1. The second kappa shape index (κ2) is 8.35. The Morgan fingerprint density at radius 1 is 1.10 bits per heavy atom. The number of hydrogen-bond acceptors (Lipinski definition) is 1. The van der Waals surface area contributed by atoms with Crippen molar-refractivity contribution in [3.63, 3.8) is 0 Å². The number of allylic oxidation sites excluding steroid dienone is 1. The van der Waals surface area contributed by atoms with E-state index in [-0.39, 0.29) is 5.41 Å². The summed E-state index contributed by atoms with van der Waals surface area (Å²) in [6.07, 6.45) is 7.58. The van der Waals surface area contributed by atoms with Crippen molar-refractivity contribution in [3.05, 3.63) is 71.3 Å². The lowest BCUT2D eigenvalue weighted by Gasteiger charge is -2.36. The summed E-state index contributed by atoms with van der Waals surface area (Å²) in [4.78, 5) is 0. The lowest BCUT2D eigenvalue weighted by molar-refractivity contribution is 0.353. The van der Waals surface area contributed by atoms with Crippen molar-refractivity contribution in [2.24, 2.45) is 0 Å². The molecule has 2 heteroatoms. The predicted molar refractivity (Wildman–Crippen MR) is 131 cm³/mol. The fraction of sp³-hybridized carbons (Fsp3) is 0.407. The minimum absolute atomic E-state index is 0.0252. The maximum Gasteiger partial charge on any atom is 0.123 e. The summed E-state index contributed by atoms with van der Waals surface area (Å²) >= 11 is 0. The van der Waals surface area contributed by atoms with Gasteiger partial charge in [-0.05, 0) is 45.8 Å². The van der Waals surface area contributed by atoms with Gasteiger partial charge in [-0.15, -0.1) is 0 Å². The van der Waals surface area contributed by atoms with Crippen LogP contribution in [0.2, 0.25) is 12.1 Å². The highest BCUT2D eigenvalue weighted by atomic mass is 28.3. The van der Waals surface area contributed by atoms with Crippen molar-refractivity contribution in [1.82, 2.24) is 0 Å². The van der Waals surface area contributed by atoms with E-state index < -0.39 is 8.07 Å². The van der Waals surface area contributed by atoms with Crippen molar-refractivity contribution in [1.29, 1.82) is 0 Å². The highest BCUT2D eigenvalue weighted by Gasteiger charge is 2.40. The molecule has 0 heterocycles. The summed E-state index contributed by atoms with van der Waals surface area (Å²) in [7, 11) is -2.00. The van der Waals surface area contributed by atoms with Crippen molar-refractivity contribution >= 4 is 24.5 Å². The molecule has 0 saturated carbocycles. The van der Waals surface area contributed by atoms with Crippen LogP contribution >= 0.6 is 0 Å². The molecule has 0 N–H and O–H groups in total. The minimum atomic E-state index is -2.00. The highest BCUT2D eigenvalue weighted by molar-refractivity contribution is 7.03. The molecule has 0 bridgehead atoms. The maximum absolute atomic E-state index is 6.45. The van der Waals surface area contributed by atoms with Crippen LogP contribution in [0.25, 0.3) is 6.08 Å². The third-order valence-electron chi connectivity index (χ3n) is 6.44. The molecule has 0 atom stereocenters. The van der Waals surface area contributed by atoms with Gasteiger partial charge in [0.25, 0.3) is 0 Å². The van der Waals surface area contributed by atoms with Crippen LogP contribution in [0.15, 0.2) is 49.1 Å². The van der Waals surface area contributed by atoms with E-state index in [1.54, 1.807) is 5.19 Å². The van der Waals surface area contributed by atoms with Gasteiger partial charge in [0, 0.05) is 0 Å². The molecule has 154 valence electrons. The second-order valence-electron chi connectivity index (χ2n) is 9.31. The highest BCUT2D eigenvalue weighted by Crippen LogP contribution is 2.35. The van der Waals surface area contributed by atoms with Gasteiger partial charge in [0.05, 0.1) is 0 Å². The number of rotatable bonds is 7. The fourth-order valence-corrected chi connectivity index (χ4v) is 9.48. The third kappa shape index (κ3) is 3.87. The molecule has 0 aliphatic heterocycles. The Morgan fingerprint density at radius 2 is 1.83 bits per heavy atom. The van der Waals surface area contributed by atoms with Crippen LogP contribution in [-0.2, 0) is 11.8 Å². The van der Waals surface area contributed by atoms with Gasteiger partial charge < -0.3 is 4.74 Å². The van der Waals surface area contributed by atoms with E-state index in [0.717, 1.165) is 12.2 Å². The monoisotopic (exact) mass is 404 g/mol. The standard InChI is InChI=1S/C27H36OSi/c1-8-17-28-26-23(27(5,6)7)18-20(4)19-25(26)29(9-2,10-3)24-16-12-14-21-13-11-15-22(21)24/h8,11-12,14-16,18-19H,1,9-10,13,17H2,2-7H3. The van der Waals surface area contributed by atoms with Crippen molar-refractivity contribution in [2.75, 3.05) is 6.61 Å². The van der Waals surface area contributed by atoms with E-state index in [0.29, 0.717) is 6.61 Å². The van der Waals surface area contributed by atoms with Gasteiger partial charge in [-0.3, -0.25) is 0 Å². The molecule has 1 nitrogen and oxygen atoms in total. The van der Waals surface area contributed by atoms with Crippen molar-refractivity contribution < 1.29 is 4.74 Å². The summed E-state index contributed by atoms with van der Waals surface area (Å²) in [5, 5.41) is 3.03. The Balaban J connectivity index is 2.36. The normalized spacial score (nSPS) is 13.4. The summed E-state index contributed by atoms with van der Waals surface area (Å²) in [6, 6.07) is 14.0. The quantitative estimate of drug-likeness (QED) is 0.404. The van der Waals surface area contributed by atoms with E-state index >= 15 is 0 Å². The Labute approximate surface area is 178 Å². The van der Waals surface area contributed by atoms with Gasteiger partial charge >= 0.3 is 0 Å². The minimum Gasteiger partial charge on any atom is -0.489 e. The summed E-state index contributed by atoms with van der Waals surface area (Å²) < 4.78 is 6.45. The molecule has 29 heavy (non-hydrogen) atoms. The summed E-state index contributed by atoms with van der Waals surface area (Å²) in [6.45, 7) is 18.3. The second-order valence-corrected chi connectivity index (χ2v) is 14.0. The summed E-state index contributed by atoms with van der Waals surface area (Å²) in [5.41, 5.74) is 5.61. The molecule has 0 radical (unpaired) electrons. The molecule has 3 rings (SSSR count). The van der Waals surface area contributed by atoms with Crippen LogP contribution in [0, 0.1) is 6.92 Å². The lowest BCUT2D eigenvalue weighted by Crippen LogP contribution is -2.59. The van der Waals surface area contributed by atoms with E-state index in [9.17, 15) is 0 Å². The first-order chi connectivity index (χ1) is 13.8. The molecular weight excluding hydrogens is 368 g/mol. The van der Waals surface area contributed by atoms with Gasteiger partial charge in [0.1, 0.15) is 20.4 Å². The van der Waals surface area contributed by atoms with Crippen LogP contribution in [0.3, 0.4) is 0 Å². The van der Waals surface area contributed by atoms with E-state index in [4.69, 9.17) is 4.74 Å². The number of hydrogen-bond donors (Lipinski definition) is 0. The van der Waals surface area contributed by atoms with Crippen LogP contribution in [-0.4, -0.2) is 14.7 Å². The first-order valence-electron chi connectivity index (χ1n) is 11.0. The Bertz CT molecular complexity index is 926. The van der Waals surface area contributed by atoms with E-state index in [2.05, 4.69) is 90.6 Å². The molecule has 0 saturated heterocycles. The molecule has 0 fully saturated rings. The lowest BCUT2D eigenvalue weighted by atomic mass is 9.85. The van der Waals surface area contributed by atoms with Crippen LogP contribution in [0.1, 0.15) is 56.9 Å². The van der Waals surface area contributed by atoms with Gasteiger partial charge in [-0.2, -0.15) is 0 Å². The van der Waals surface area contributed by atoms with Crippen LogP contribution in [0.5, 0.6) is 5.75 Å². The van der Waals surface area contributed by atoms with Crippen LogP contribution < -0.4 is 15.1 Å². The van der Waals surface area contributed by atoms with Gasteiger partial charge in [-0.1, -0.05) is 107 Å². The predicted octanol–water partition coefficient (Wildman–Crippen LogP) is 6.03. The van der Waals surface area contributed by atoms with Gasteiger partial charge in [0.15, 0.2) is 0 Å². The summed E-state index contributed by atoms with van der Waals surface area (Å²) in [5.74, 6) is 1.11. The average molecular weight is 405 g/mol. The van der Waals surface area contributed by atoms with E-state index in [1.165, 1.54) is 39.5 Å². The molecule has 0 unspecified atom stereocenters. The molecule has 0 spiro atoms. The molecule has 1 aliphatic carbocycles. The fourth-order valence-electron chi connectivity index (χ4n) is 4.85. The van der Waals surface area contributed by atoms with Gasteiger partial charge in [-0.25, -0.2) is 0 Å². The molecule has 0 aromatic heterocycles. The Kier molecular flexibility index (Phi) is 6.23. The Hall–Kier alpha value is -2.06. The number of fused-ring (bicyclic) bond motifs is 1. The topological polar surface area (TPSA) is 9.23 Å². The molecule has 0 amide bonds. The molecule has 2 aromatic carbocycles. The Morgan fingerprint density at radius 3 is 2.45 bits per heavy atom. The zero-order chi connectivity index (χ0) is 21.2. The largest absolute Gasteiger partial charge is 0.489 e. The van der Waals surface area contributed by atoms with Gasteiger partial charge in [0.2, 0.25) is 0 Å². The van der Waals surface area contributed by atoms with Crippen LogP contribution in [0.4, 0.5) is 0 Å². The SMILES string of the molecule is C=CCOc1c(C(C)(C)C)cc(C)cc1[Si](CC)(CC)c1cccc2c1C=CC2. The van der Waals surface area contributed by atoms with Crippen molar-refractivity contribution in [2.45, 2.75) is 65.5 Å². The third-order valence-corrected chi connectivity index (χ3v) is 11.7. The first kappa shape index (κ1) is 21.6. The zero-order valence-corrected chi connectivity index (χ0v) is 20.1. The molecule has 2 aromatic rings. The van der Waals surface area contributed by atoms with E-state index in [1.807, 2.05) is 6.08 Å². The van der Waals surface area contributed by atoms with Crippen molar-refractivity contribution in [3.8, 4) is 5.75 Å². The molecular formula is C27H36OSi. The average Bonchev–Trinajstić information content (AvgIpc) is 3.17. The number of aryl methyl sites for hydroxylation is 1. The molecule has 1 aliphatic rings. The number of ether oxygens (including phenoxy) is 1.